The summed E-state index contributed by atoms with van der Waals surface area (Å²) in [6.07, 6.45) is 31.2. The molecular weight excluding hydrogens is 951 g/mol. The molecule has 0 spiro atoms. The predicted molar refractivity (Wildman–Crippen MR) is 299 cm³/mol. The third-order valence-electron chi connectivity index (χ3n) is 15.1. The number of carbonyl (C=O) groups excluding carboxylic acids is 2. The zero-order valence-electron chi connectivity index (χ0n) is 47.4. The molecule has 6 atom stereocenters. The Morgan fingerprint density at radius 2 is 1.40 bits per heavy atom. The fourth-order valence-corrected chi connectivity index (χ4v) is 11.4. The van der Waals surface area contributed by atoms with Gasteiger partial charge >= 0.3 is 12.2 Å². The summed E-state index contributed by atoms with van der Waals surface area (Å²) in [5.41, 5.74) is 1.78. The van der Waals surface area contributed by atoms with Crippen LogP contribution in [0.5, 0.6) is 11.5 Å². The number of unbranched alkanes of at least 4 members (excludes halogenated alkanes) is 20. The van der Waals surface area contributed by atoms with Gasteiger partial charge in [-0.05, 0) is 94.9 Å². The van der Waals surface area contributed by atoms with E-state index >= 15 is 0 Å². The molecule has 6 unspecified atom stereocenters. The first-order valence-corrected chi connectivity index (χ1v) is 29.8. The summed E-state index contributed by atoms with van der Waals surface area (Å²) < 4.78 is 32.6. The van der Waals surface area contributed by atoms with Crippen LogP contribution in [0.2, 0.25) is 0 Å². The summed E-state index contributed by atoms with van der Waals surface area (Å²) in [7, 11) is 0. The van der Waals surface area contributed by atoms with Crippen LogP contribution in [-0.2, 0) is 19.0 Å². The van der Waals surface area contributed by atoms with Crippen LogP contribution in [0, 0.1) is 17.8 Å². The van der Waals surface area contributed by atoms with Crippen LogP contribution in [-0.4, -0.2) is 115 Å². The molecule has 0 saturated heterocycles. The first kappa shape index (κ1) is 63.8. The number of benzene rings is 1. The largest absolute Gasteiger partial charge is 0.459 e. The number of aliphatic hydroxyl groups is 3. The second kappa shape index (κ2) is 36.4. The molecule has 14 heteroatoms. The van der Waals surface area contributed by atoms with Gasteiger partial charge in [-0.2, -0.15) is 0 Å². The maximum atomic E-state index is 14.8. The maximum absolute atomic E-state index is 14.8. The van der Waals surface area contributed by atoms with Gasteiger partial charge in [0.15, 0.2) is 0 Å². The number of ether oxygens (including phenoxy) is 5. The van der Waals surface area contributed by atoms with Gasteiger partial charge in [-0.3, -0.25) is 4.90 Å². The number of aliphatic hydroxyl groups excluding tert-OH is 3. The van der Waals surface area contributed by atoms with Crippen molar-refractivity contribution in [3.05, 3.63) is 48.1 Å². The lowest BCUT2D eigenvalue weighted by Crippen LogP contribution is -2.70. The standard InChI is InChI=1S/C61H103N3O11/c1-7-10-12-14-16-18-20-22-24-28-36-62-58(68)73-49-34-35-54-52(46-49)56-50(33-27-30-39-66)48(32-26-29-38-65)45-51-53(63-75-60(4,5)6)47-55(61(74-54,57(51)56)72-41-9-3)64(37-43-70-44-40-67)59(69)71-42-31-25-23-21-19-17-15-13-11-8-2/h9,34-35,45-46,48,50,55-57,65-67H,3,7-8,10-33,36-44,47H2,1-2,4-6H3,(H,62,68). The predicted octanol–water partition coefficient (Wildman–Crippen LogP) is 13.5. The number of nitrogens with zero attached hydrogens (tertiary/aromatic N) is 2. The van der Waals surface area contributed by atoms with E-state index < -0.39 is 35.5 Å². The van der Waals surface area contributed by atoms with Crippen LogP contribution in [0.4, 0.5) is 9.59 Å². The van der Waals surface area contributed by atoms with Crippen molar-refractivity contribution in [2.24, 2.45) is 22.9 Å². The first-order chi connectivity index (χ1) is 36.5. The van der Waals surface area contributed by atoms with Gasteiger partial charge in [0.2, 0.25) is 5.79 Å². The Bertz CT molecular complexity index is 1820. The minimum absolute atomic E-state index is 0.0214. The molecule has 428 valence electrons. The first-order valence-electron chi connectivity index (χ1n) is 29.8. The quantitative estimate of drug-likeness (QED) is 0.0279. The molecule has 1 aromatic rings. The van der Waals surface area contributed by atoms with E-state index in [-0.39, 0.29) is 77.0 Å². The molecule has 2 aliphatic carbocycles. The average Bonchev–Trinajstić information content (AvgIpc) is 3.42. The number of carbonyl (C=O) groups is 2. The maximum Gasteiger partial charge on any atom is 0.412 e. The minimum Gasteiger partial charge on any atom is -0.459 e. The smallest absolute Gasteiger partial charge is 0.412 e. The highest BCUT2D eigenvalue weighted by atomic mass is 16.7. The van der Waals surface area contributed by atoms with Gasteiger partial charge in [-0.15, -0.1) is 6.58 Å². The number of amides is 2. The minimum atomic E-state index is -1.51. The Morgan fingerprint density at radius 1 is 0.787 bits per heavy atom. The van der Waals surface area contributed by atoms with Gasteiger partial charge in [-0.25, -0.2) is 9.59 Å². The molecule has 1 aromatic carbocycles. The van der Waals surface area contributed by atoms with E-state index in [1.54, 1.807) is 17.0 Å². The Labute approximate surface area is 453 Å². The molecule has 75 heavy (non-hydrogen) atoms. The monoisotopic (exact) mass is 1050 g/mol. The number of fused-ring (bicyclic) bond motifs is 2. The molecule has 1 saturated carbocycles. The van der Waals surface area contributed by atoms with E-state index in [1.165, 1.54) is 89.9 Å². The molecule has 1 aliphatic heterocycles. The lowest BCUT2D eigenvalue weighted by molar-refractivity contribution is -0.256. The molecule has 2 amide bonds. The van der Waals surface area contributed by atoms with Crippen molar-refractivity contribution in [2.45, 2.75) is 231 Å². The zero-order chi connectivity index (χ0) is 54.2. The summed E-state index contributed by atoms with van der Waals surface area (Å²) in [5, 5.41) is 37.7. The second-order valence-corrected chi connectivity index (χ2v) is 22.3. The SMILES string of the molecule is C=CCOC12Oc3ccc(OC(=O)NCCCCCCCCCCCC)cc3C3C(CCCCO)C(CCCCO)C=C(C(=NOC(C)(C)C)CC1N(CCOCCO)C(=O)OCCCCCCCCCCCC)C32. The average molecular weight is 1050 g/mol. The zero-order valence-corrected chi connectivity index (χ0v) is 47.4. The lowest BCUT2D eigenvalue weighted by atomic mass is 9.55. The van der Waals surface area contributed by atoms with Crippen molar-refractivity contribution in [2.75, 3.05) is 59.3 Å². The lowest BCUT2D eigenvalue weighted by Gasteiger charge is -2.59. The summed E-state index contributed by atoms with van der Waals surface area (Å²) in [6, 6.07) is 4.72. The number of allylic oxidation sites excluding steroid dienone is 1. The summed E-state index contributed by atoms with van der Waals surface area (Å²) in [4.78, 5) is 36.2. The topological polar surface area (TPSA) is 178 Å². The van der Waals surface area contributed by atoms with E-state index in [2.05, 4.69) is 31.8 Å². The van der Waals surface area contributed by atoms with Crippen LogP contribution >= 0.6 is 0 Å². The third-order valence-corrected chi connectivity index (χ3v) is 15.1. The van der Waals surface area contributed by atoms with Crippen LogP contribution in [0.3, 0.4) is 0 Å². The fraction of sp³-hybridized carbons (Fsp3) is 0.787. The Kier molecular flexibility index (Phi) is 31.0. The van der Waals surface area contributed by atoms with E-state index in [0.717, 1.165) is 75.3 Å². The van der Waals surface area contributed by atoms with Crippen molar-refractivity contribution in [1.29, 1.82) is 0 Å². The van der Waals surface area contributed by atoms with Crippen LogP contribution in [0.15, 0.2) is 47.7 Å². The Balaban J connectivity index is 1.75. The van der Waals surface area contributed by atoms with E-state index in [1.807, 2.05) is 32.9 Å². The highest BCUT2D eigenvalue weighted by Crippen LogP contribution is 2.62. The molecule has 1 fully saturated rings. The van der Waals surface area contributed by atoms with E-state index in [0.29, 0.717) is 36.6 Å². The third kappa shape index (κ3) is 21.6. The highest BCUT2D eigenvalue weighted by Gasteiger charge is 2.65. The number of oxime groups is 1. The molecule has 1 heterocycles. The van der Waals surface area contributed by atoms with E-state index in [4.69, 9.17) is 33.7 Å². The van der Waals surface area contributed by atoms with Gasteiger partial charge in [0, 0.05) is 44.2 Å². The Hall–Kier alpha value is -3.69. The molecule has 14 nitrogen and oxygen atoms in total. The number of nitrogens with one attached hydrogen (secondary N) is 1. The summed E-state index contributed by atoms with van der Waals surface area (Å²) >= 11 is 0. The fourth-order valence-electron chi connectivity index (χ4n) is 11.4. The van der Waals surface area contributed by atoms with Crippen molar-refractivity contribution in [3.8, 4) is 11.5 Å². The molecule has 3 aliphatic rings. The number of hydrogen-bond acceptors (Lipinski definition) is 12. The number of rotatable bonds is 41. The summed E-state index contributed by atoms with van der Waals surface area (Å²) in [6.45, 7) is 15.6. The van der Waals surface area contributed by atoms with Crippen molar-refractivity contribution < 1.29 is 53.4 Å². The van der Waals surface area contributed by atoms with Crippen LogP contribution in [0.1, 0.15) is 219 Å². The normalized spacial score (nSPS) is 21.4. The van der Waals surface area contributed by atoms with E-state index in [9.17, 15) is 24.9 Å². The van der Waals surface area contributed by atoms with Gasteiger partial charge in [0.05, 0.1) is 44.7 Å². The highest BCUT2D eigenvalue weighted by molar-refractivity contribution is 6.03. The molecule has 0 radical (unpaired) electrons. The molecule has 0 bridgehead atoms. The van der Waals surface area contributed by atoms with Gasteiger partial charge < -0.3 is 49.2 Å². The van der Waals surface area contributed by atoms with Crippen LogP contribution in [0.25, 0.3) is 0 Å². The summed E-state index contributed by atoms with van der Waals surface area (Å²) in [5.74, 6) is -1.45. The molecule has 0 aromatic heterocycles. The molecule has 4 rings (SSSR count). The van der Waals surface area contributed by atoms with Crippen molar-refractivity contribution in [1.82, 2.24) is 10.2 Å². The van der Waals surface area contributed by atoms with Crippen molar-refractivity contribution >= 4 is 17.9 Å². The molecule has 4 N–H and O–H groups in total. The van der Waals surface area contributed by atoms with Gasteiger partial charge in [-0.1, -0.05) is 160 Å². The second-order valence-electron chi connectivity index (χ2n) is 22.3. The number of hydrogen-bond donors (Lipinski definition) is 4. The van der Waals surface area contributed by atoms with Crippen LogP contribution < -0.4 is 14.8 Å². The van der Waals surface area contributed by atoms with Gasteiger partial charge in [0.1, 0.15) is 23.1 Å². The van der Waals surface area contributed by atoms with Gasteiger partial charge in [0.25, 0.3) is 0 Å². The van der Waals surface area contributed by atoms with Crippen molar-refractivity contribution in [3.63, 3.8) is 0 Å². The Morgan fingerprint density at radius 3 is 2.00 bits per heavy atom. The molecular formula is C61H103N3O11.